The normalized spacial score (nSPS) is 15.6. The highest BCUT2D eigenvalue weighted by Gasteiger charge is 2.21. The van der Waals surface area contributed by atoms with Crippen molar-refractivity contribution in [2.45, 2.75) is 25.5 Å². The summed E-state index contributed by atoms with van der Waals surface area (Å²) in [5.74, 6) is 0. The maximum atomic E-state index is 5.59. The van der Waals surface area contributed by atoms with Crippen molar-refractivity contribution in [3.63, 3.8) is 0 Å². The zero-order chi connectivity index (χ0) is 9.73. The molecule has 0 saturated carbocycles. The molecule has 0 amide bonds. The van der Waals surface area contributed by atoms with Crippen molar-refractivity contribution in [3.8, 4) is 0 Å². The van der Waals surface area contributed by atoms with E-state index in [9.17, 15) is 0 Å². The number of ether oxygens (including phenoxy) is 1. The van der Waals surface area contributed by atoms with Gasteiger partial charge in [0.15, 0.2) is 0 Å². The van der Waals surface area contributed by atoms with Crippen LogP contribution < -0.4 is 5.73 Å². The molecular formula is C8H16N4O. The molecule has 1 unspecified atom stereocenters. The van der Waals surface area contributed by atoms with E-state index in [2.05, 4.69) is 10.1 Å². The molecule has 1 aromatic rings. The quantitative estimate of drug-likeness (QED) is 0.701. The zero-order valence-corrected chi connectivity index (χ0v) is 8.10. The van der Waals surface area contributed by atoms with Crippen molar-refractivity contribution in [2.24, 2.45) is 5.73 Å². The Labute approximate surface area is 77.9 Å². The van der Waals surface area contributed by atoms with E-state index < -0.39 is 0 Å². The molecule has 2 N–H and O–H groups in total. The molecule has 0 saturated heterocycles. The van der Waals surface area contributed by atoms with E-state index in [1.165, 1.54) is 6.33 Å². The summed E-state index contributed by atoms with van der Waals surface area (Å²) in [6.45, 7) is 3.28. The lowest BCUT2D eigenvalue weighted by Gasteiger charge is -2.25. The first-order valence-corrected chi connectivity index (χ1v) is 4.28. The first-order chi connectivity index (χ1) is 6.20. The number of aromatic nitrogens is 3. The van der Waals surface area contributed by atoms with Gasteiger partial charge >= 0.3 is 0 Å². The Kier molecular flexibility index (Phi) is 3.39. The van der Waals surface area contributed by atoms with Crippen molar-refractivity contribution in [1.29, 1.82) is 0 Å². The van der Waals surface area contributed by atoms with E-state index in [1.54, 1.807) is 18.1 Å². The van der Waals surface area contributed by atoms with Crippen molar-refractivity contribution in [3.05, 3.63) is 12.7 Å². The summed E-state index contributed by atoms with van der Waals surface area (Å²) < 4.78 is 7.07. The maximum Gasteiger partial charge on any atom is 0.137 e. The molecule has 0 spiro atoms. The molecule has 0 aromatic carbocycles. The van der Waals surface area contributed by atoms with Crippen molar-refractivity contribution in [1.82, 2.24) is 14.8 Å². The van der Waals surface area contributed by atoms with Gasteiger partial charge in [-0.25, -0.2) is 4.98 Å². The molecule has 0 aliphatic carbocycles. The van der Waals surface area contributed by atoms with Crippen LogP contribution in [0.25, 0.3) is 0 Å². The number of hydrogen-bond acceptors (Lipinski definition) is 4. The van der Waals surface area contributed by atoms with Crippen LogP contribution in [0.1, 0.15) is 13.3 Å². The van der Waals surface area contributed by atoms with Gasteiger partial charge in [-0.1, -0.05) is 0 Å². The Morgan fingerprint density at radius 1 is 1.62 bits per heavy atom. The fraction of sp³-hybridized carbons (Fsp3) is 0.750. The van der Waals surface area contributed by atoms with Gasteiger partial charge in [0.05, 0.1) is 5.60 Å². The molecule has 0 bridgehead atoms. The highest BCUT2D eigenvalue weighted by atomic mass is 16.5. The van der Waals surface area contributed by atoms with Crippen LogP contribution in [0.5, 0.6) is 0 Å². The number of methoxy groups -OCH3 is 1. The third-order valence-electron chi connectivity index (χ3n) is 2.26. The summed E-state index contributed by atoms with van der Waals surface area (Å²) in [6, 6.07) is 0. The second-order valence-corrected chi connectivity index (χ2v) is 3.27. The molecule has 0 aliphatic heterocycles. The van der Waals surface area contributed by atoms with Crippen LogP contribution in [0.4, 0.5) is 0 Å². The number of aryl methyl sites for hydroxylation is 1. The van der Waals surface area contributed by atoms with E-state index in [1.807, 2.05) is 6.92 Å². The van der Waals surface area contributed by atoms with Gasteiger partial charge in [0.1, 0.15) is 12.7 Å². The molecule has 1 heterocycles. The second kappa shape index (κ2) is 4.34. The Morgan fingerprint density at radius 2 is 2.38 bits per heavy atom. The molecule has 0 radical (unpaired) electrons. The molecular weight excluding hydrogens is 168 g/mol. The summed E-state index contributed by atoms with van der Waals surface area (Å²) in [5, 5.41) is 4.00. The fourth-order valence-electron chi connectivity index (χ4n) is 0.987. The highest BCUT2D eigenvalue weighted by molar-refractivity contribution is 4.75. The highest BCUT2D eigenvalue weighted by Crippen LogP contribution is 2.12. The summed E-state index contributed by atoms with van der Waals surface area (Å²) in [6.07, 6.45) is 4.04. The van der Waals surface area contributed by atoms with Crippen LogP contribution in [0.3, 0.4) is 0 Å². The summed E-state index contributed by atoms with van der Waals surface area (Å²) in [4.78, 5) is 3.85. The van der Waals surface area contributed by atoms with Gasteiger partial charge in [-0.15, -0.1) is 0 Å². The lowest BCUT2D eigenvalue weighted by atomic mass is 10.0. The van der Waals surface area contributed by atoms with E-state index in [0.717, 1.165) is 13.0 Å². The van der Waals surface area contributed by atoms with Crippen LogP contribution in [0, 0.1) is 0 Å². The van der Waals surface area contributed by atoms with Crippen molar-refractivity contribution < 1.29 is 4.74 Å². The fourth-order valence-corrected chi connectivity index (χ4v) is 0.987. The Bertz CT molecular complexity index is 230. The molecule has 1 rings (SSSR count). The molecule has 13 heavy (non-hydrogen) atoms. The van der Waals surface area contributed by atoms with Crippen LogP contribution in [-0.2, 0) is 11.3 Å². The van der Waals surface area contributed by atoms with Gasteiger partial charge in [0.2, 0.25) is 0 Å². The molecule has 1 aromatic heterocycles. The Morgan fingerprint density at radius 3 is 2.85 bits per heavy atom. The third kappa shape index (κ3) is 2.78. The summed E-state index contributed by atoms with van der Waals surface area (Å²) in [7, 11) is 1.67. The minimum atomic E-state index is -0.258. The van der Waals surface area contributed by atoms with Crippen LogP contribution in [0.15, 0.2) is 12.7 Å². The van der Waals surface area contributed by atoms with Gasteiger partial charge < -0.3 is 10.5 Å². The summed E-state index contributed by atoms with van der Waals surface area (Å²) in [5.41, 5.74) is 5.33. The minimum absolute atomic E-state index is 0.258. The van der Waals surface area contributed by atoms with Crippen LogP contribution in [-0.4, -0.2) is 34.0 Å². The van der Waals surface area contributed by atoms with Gasteiger partial charge in [0, 0.05) is 20.2 Å². The Balaban J connectivity index is 2.41. The second-order valence-electron chi connectivity index (χ2n) is 3.27. The number of nitrogens with zero attached hydrogens (tertiary/aromatic N) is 3. The van der Waals surface area contributed by atoms with Crippen molar-refractivity contribution >= 4 is 0 Å². The van der Waals surface area contributed by atoms with E-state index in [4.69, 9.17) is 10.5 Å². The predicted molar refractivity (Wildman–Crippen MR) is 49.1 cm³/mol. The van der Waals surface area contributed by atoms with Crippen LogP contribution in [0.2, 0.25) is 0 Å². The average Bonchev–Trinajstić information content (AvgIpc) is 2.67. The van der Waals surface area contributed by atoms with Crippen LogP contribution >= 0.6 is 0 Å². The molecule has 74 valence electrons. The topological polar surface area (TPSA) is 66.0 Å². The smallest absolute Gasteiger partial charge is 0.137 e. The standard InChI is InChI=1S/C8H16N4O/c1-8(5-9,13-2)3-4-12-7-10-6-11-12/h6-7H,3-5,9H2,1-2H3. The maximum absolute atomic E-state index is 5.59. The number of rotatable bonds is 5. The van der Waals surface area contributed by atoms with E-state index in [0.29, 0.717) is 6.54 Å². The van der Waals surface area contributed by atoms with Gasteiger partial charge in [0.25, 0.3) is 0 Å². The Hall–Kier alpha value is -0.940. The molecule has 1 atom stereocenters. The van der Waals surface area contributed by atoms with Gasteiger partial charge in [-0.3, -0.25) is 4.68 Å². The molecule has 0 aliphatic rings. The molecule has 5 nitrogen and oxygen atoms in total. The zero-order valence-electron chi connectivity index (χ0n) is 8.10. The van der Waals surface area contributed by atoms with Gasteiger partial charge in [-0.05, 0) is 13.3 Å². The molecule has 0 fully saturated rings. The number of hydrogen-bond donors (Lipinski definition) is 1. The first kappa shape index (κ1) is 10.1. The minimum Gasteiger partial charge on any atom is -0.377 e. The molecule has 5 heteroatoms. The summed E-state index contributed by atoms with van der Waals surface area (Å²) >= 11 is 0. The van der Waals surface area contributed by atoms with E-state index in [-0.39, 0.29) is 5.60 Å². The van der Waals surface area contributed by atoms with Crippen molar-refractivity contribution in [2.75, 3.05) is 13.7 Å². The third-order valence-corrected chi connectivity index (χ3v) is 2.26. The van der Waals surface area contributed by atoms with E-state index >= 15 is 0 Å². The largest absolute Gasteiger partial charge is 0.377 e. The van der Waals surface area contributed by atoms with Gasteiger partial charge in [-0.2, -0.15) is 5.10 Å². The average molecular weight is 184 g/mol. The lowest BCUT2D eigenvalue weighted by molar-refractivity contribution is 0.00269. The first-order valence-electron chi connectivity index (χ1n) is 4.28. The SMILES string of the molecule is COC(C)(CN)CCn1cncn1. The predicted octanol–water partition coefficient (Wildman–Crippen LogP) is 0.0320. The monoisotopic (exact) mass is 184 g/mol. The lowest BCUT2D eigenvalue weighted by Crippen LogP contribution is -2.37. The number of nitrogens with two attached hydrogens (primary N) is 1.